The van der Waals surface area contributed by atoms with Crippen LogP contribution in [-0.4, -0.2) is 5.78 Å². The van der Waals surface area contributed by atoms with Gasteiger partial charge in [0.15, 0.2) is 5.78 Å². The molecule has 2 heteroatoms. The van der Waals surface area contributed by atoms with Crippen molar-refractivity contribution in [1.29, 1.82) is 0 Å². The lowest BCUT2D eigenvalue weighted by atomic mass is 10.5. The molecule has 0 fully saturated rings. The summed E-state index contributed by atoms with van der Waals surface area (Å²) < 4.78 is 4.58. The van der Waals surface area contributed by atoms with Crippen LogP contribution in [0, 0.1) is 0 Å². The van der Waals surface area contributed by atoms with Gasteiger partial charge in [-0.2, -0.15) is 0 Å². The van der Waals surface area contributed by atoms with Gasteiger partial charge < -0.3 is 4.42 Å². The molecular formula is C8H10O2. The van der Waals surface area contributed by atoms with E-state index >= 15 is 0 Å². The summed E-state index contributed by atoms with van der Waals surface area (Å²) in [7, 11) is 0. The summed E-state index contributed by atoms with van der Waals surface area (Å²) in [6.45, 7) is 4.68. The van der Waals surface area contributed by atoms with Crippen LogP contribution in [0.1, 0.15) is 6.92 Å². The highest BCUT2D eigenvalue weighted by molar-refractivity contribution is 5.86. The second-order valence-corrected chi connectivity index (χ2v) is 1.61. The molecular weight excluding hydrogens is 128 g/mol. The van der Waals surface area contributed by atoms with E-state index in [0.29, 0.717) is 0 Å². The number of hydrogen-bond donors (Lipinski definition) is 0. The van der Waals surface area contributed by atoms with Gasteiger partial charge in [0.05, 0.1) is 12.5 Å². The average molecular weight is 138 g/mol. The van der Waals surface area contributed by atoms with E-state index in [-0.39, 0.29) is 5.78 Å². The van der Waals surface area contributed by atoms with Crippen LogP contribution in [0.2, 0.25) is 0 Å². The molecule has 0 saturated carbocycles. The summed E-state index contributed by atoms with van der Waals surface area (Å²) in [6.07, 6.45) is 4.53. The maximum atomic E-state index is 9.69. The third-order valence-corrected chi connectivity index (χ3v) is 0.713. The number of ketones is 1. The van der Waals surface area contributed by atoms with Gasteiger partial charge in [0.2, 0.25) is 0 Å². The Balaban J connectivity index is 0.000000162. The number of carbonyl (C=O) groups excluding carboxylic acids is 1. The Hall–Kier alpha value is -1.31. The van der Waals surface area contributed by atoms with Gasteiger partial charge in [-0.1, -0.05) is 6.58 Å². The summed E-state index contributed by atoms with van der Waals surface area (Å²) in [5.74, 6) is 0.0185. The molecule has 0 saturated heterocycles. The molecule has 2 nitrogen and oxygen atoms in total. The lowest BCUT2D eigenvalue weighted by Crippen LogP contribution is -1.74. The lowest BCUT2D eigenvalue weighted by molar-refractivity contribution is -0.112. The Kier molecular flexibility index (Phi) is 5.06. The van der Waals surface area contributed by atoms with Crippen molar-refractivity contribution in [2.75, 3.05) is 0 Å². The van der Waals surface area contributed by atoms with Gasteiger partial charge in [0.1, 0.15) is 0 Å². The number of rotatable bonds is 1. The smallest absolute Gasteiger partial charge is 0.152 e. The summed E-state index contributed by atoms with van der Waals surface area (Å²) in [4.78, 5) is 9.69. The van der Waals surface area contributed by atoms with Crippen molar-refractivity contribution in [2.45, 2.75) is 6.92 Å². The molecule has 1 rings (SSSR count). The zero-order chi connectivity index (χ0) is 7.82. The molecule has 0 N–H and O–H groups in total. The first kappa shape index (κ1) is 8.69. The van der Waals surface area contributed by atoms with E-state index in [1.165, 1.54) is 13.0 Å². The molecule has 0 amide bonds. The molecule has 1 aromatic heterocycles. The van der Waals surface area contributed by atoms with Gasteiger partial charge >= 0.3 is 0 Å². The minimum absolute atomic E-state index is 0.0185. The van der Waals surface area contributed by atoms with E-state index in [1.807, 2.05) is 12.1 Å². The van der Waals surface area contributed by atoms with Crippen LogP contribution in [0.25, 0.3) is 0 Å². The minimum Gasteiger partial charge on any atom is -0.473 e. The van der Waals surface area contributed by atoms with E-state index in [4.69, 9.17) is 0 Å². The fraction of sp³-hybridized carbons (Fsp3) is 0.125. The molecule has 0 aliphatic heterocycles. The summed E-state index contributed by atoms with van der Waals surface area (Å²) in [6, 6.07) is 3.67. The van der Waals surface area contributed by atoms with Crippen molar-refractivity contribution >= 4 is 5.78 Å². The van der Waals surface area contributed by atoms with Crippen LogP contribution >= 0.6 is 0 Å². The van der Waals surface area contributed by atoms with Crippen molar-refractivity contribution in [3.63, 3.8) is 0 Å². The first-order valence-electron chi connectivity index (χ1n) is 2.87. The predicted molar refractivity (Wildman–Crippen MR) is 39.6 cm³/mol. The predicted octanol–water partition coefficient (Wildman–Crippen LogP) is 2.04. The highest BCUT2D eigenvalue weighted by Crippen LogP contribution is 1.79. The number of carbonyl (C=O) groups is 1. The van der Waals surface area contributed by atoms with E-state index in [1.54, 1.807) is 12.5 Å². The van der Waals surface area contributed by atoms with E-state index < -0.39 is 0 Å². The first-order chi connectivity index (χ1) is 4.77. The molecule has 10 heavy (non-hydrogen) atoms. The van der Waals surface area contributed by atoms with Crippen molar-refractivity contribution in [2.24, 2.45) is 0 Å². The minimum atomic E-state index is 0.0185. The molecule has 0 aliphatic rings. The van der Waals surface area contributed by atoms with Crippen molar-refractivity contribution in [3.8, 4) is 0 Å². The molecule has 0 aromatic carbocycles. The van der Waals surface area contributed by atoms with Gasteiger partial charge in [-0.05, 0) is 25.1 Å². The number of hydrogen-bond acceptors (Lipinski definition) is 2. The zero-order valence-corrected chi connectivity index (χ0v) is 5.91. The van der Waals surface area contributed by atoms with E-state index in [0.717, 1.165) is 0 Å². The molecule has 1 heterocycles. The number of furan rings is 1. The van der Waals surface area contributed by atoms with Crippen LogP contribution < -0.4 is 0 Å². The Bertz CT molecular complexity index is 158. The van der Waals surface area contributed by atoms with Crippen molar-refractivity contribution in [3.05, 3.63) is 37.3 Å². The van der Waals surface area contributed by atoms with Crippen LogP contribution in [0.4, 0.5) is 0 Å². The standard InChI is InChI=1S/C4H4O.C4H6O/c1-2-4-5-3-1;1-3-4(2)5/h1-4H;3H,1H2,2H3. The molecule has 0 radical (unpaired) electrons. The molecule has 0 spiro atoms. The van der Waals surface area contributed by atoms with Gasteiger partial charge in [0.25, 0.3) is 0 Å². The van der Waals surface area contributed by atoms with Crippen LogP contribution in [0.5, 0.6) is 0 Å². The molecule has 0 aliphatic carbocycles. The lowest BCUT2D eigenvalue weighted by Gasteiger charge is -1.62. The van der Waals surface area contributed by atoms with Crippen LogP contribution in [0.3, 0.4) is 0 Å². The first-order valence-corrected chi connectivity index (χ1v) is 2.87. The third-order valence-electron chi connectivity index (χ3n) is 0.713. The quantitative estimate of drug-likeness (QED) is 0.556. The van der Waals surface area contributed by atoms with Crippen LogP contribution in [-0.2, 0) is 4.79 Å². The maximum Gasteiger partial charge on any atom is 0.152 e. The summed E-state index contributed by atoms with van der Waals surface area (Å²) >= 11 is 0. The Morgan fingerprint density at radius 3 is 2.00 bits per heavy atom. The average Bonchev–Trinajstić information content (AvgIpc) is 2.43. The molecule has 0 unspecified atom stereocenters. The second kappa shape index (κ2) is 5.82. The largest absolute Gasteiger partial charge is 0.473 e. The topological polar surface area (TPSA) is 30.2 Å². The van der Waals surface area contributed by atoms with E-state index in [9.17, 15) is 4.79 Å². The monoisotopic (exact) mass is 138 g/mol. The molecule has 1 aromatic rings. The third kappa shape index (κ3) is 6.69. The molecule has 0 atom stereocenters. The van der Waals surface area contributed by atoms with Gasteiger partial charge in [-0.3, -0.25) is 4.79 Å². The van der Waals surface area contributed by atoms with Crippen LogP contribution in [0.15, 0.2) is 41.7 Å². The highest BCUT2D eigenvalue weighted by Gasteiger charge is 1.69. The zero-order valence-electron chi connectivity index (χ0n) is 5.91. The van der Waals surface area contributed by atoms with Gasteiger partial charge in [0, 0.05) is 0 Å². The molecule has 54 valence electrons. The Morgan fingerprint density at radius 2 is 1.90 bits per heavy atom. The fourth-order valence-electron chi connectivity index (χ4n) is 0.227. The van der Waals surface area contributed by atoms with Crippen molar-refractivity contribution in [1.82, 2.24) is 0 Å². The highest BCUT2D eigenvalue weighted by atomic mass is 16.3. The fourth-order valence-corrected chi connectivity index (χ4v) is 0.227. The molecule has 0 bridgehead atoms. The van der Waals surface area contributed by atoms with Crippen molar-refractivity contribution < 1.29 is 9.21 Å². The Morgan fingerprint density at radius 1 is 1.50 bits per heavy atom. The van der Waals surface area contributed by atoms with Gasteiger partial charge in [-0.15, -0.1) is 0 Å². The normalized spacial score (nSPS) is 7.30. The summed E-state index contributed by atoms with van der Waals surface area (Å²) in [5, 5.41) is 0. The Labute approximate surface area is 60.2 Å². The SMILES string of the molecule is C=CC(C)=O.c1ccoc1. The van der Waals surface area contributed by atoms with E-state index in [2.05, 4.69) is 11.0 Å². The van der Waals surface area contributed by atoms with Gasteiger partial charge in [-0.25, -0.2) is 0 Å². The maximum absolute atomic E-state index is 9.69. The summed E-state index contributed by atoms with van der Waals surface area (Å²) in [5.41, 5.74) is 0. The number of allylic oxidation sites excluding steroid dienone is 1. The second-order valence-electron chi connectivity index (χ2n) is 1.61.